The van der Waals surface area contributed by atoms with Crippen molar-refractivity contribution in [3.8, 4) is 11.5 Å². The van der Waals surface area contributed by atoms with Crippen molar-refractivity contribution in [1.82, 2.24) is 4.98 Å². The predicted octanol–water partition coefficient (Wildman–Crippen LogP) is 2.98. The minimum absolute atomic E-state index is 0.0691. The molecule has 0 spiro atoms. The molecule has 1 aromatic carbocycles. The predicted molar refractivity (Wildman–Crippen MR) is 102 cm³/mol. The van der Waals surface area contributed by atoms with Crippen LogP contribution in [0.3, 0.4) is 0 Å². The Labute approximate surface area is 162 Å². The fraction of sp³-hybridized carbons (Fsp3) is 0.471. The maximum absolute atomic E-state index is 13.4. The number of non-ortho nitro benzene ring substituents is 1. The number of oxazole rings is 1. The first kappa shape index (κ1) is 20.5. The number of anilines is 1. The van der Waals surface area contributed by atoms with Crippen molar-refractivity contribution in [2.75, 3.05) is 44.4 Å². The van der Waals surface area contributed by atoms with E-state index in [0.29, 0.717) is 31.9 Å². The van der Waals surface area contributed by atoms with Crippen LogP contribution in [0.1, 0.15) is 13.8 Å². The number of nitro benzene ring substituents is 1. The number of ether oxygens (including phenoxy) is 1. The van der Waals surface area contributed by atoms with E-state index in [9.17, 15) is 14.7 Å². The highest BCUT2D eigenvalue weighted by molar-refractivity contribution is 7.62. The molecule has 3 rings (SSSR count). The van der Waals surface area contributed by atoms with Crippen LogP contribution in [0.25, 0.3) is 11.5 Å². The van der Waals surface area contributed by atoms with Gasteiger partial charge >= 0.3 is 7.60 Å². The topological polar surface area (TPSA) is 117 Å². The van der Waals surface area contributed by atoms with Gasteiger partial charge in [0.2, 0.25) is 17.2 Å². The molecule has 1 saturated heterocycles. The van der Waals surface area contributed by atoms with E-state index in [1.54, 1.807) is 19.9 Å². The van der Waals surface area contributed by atoms with E-state index in [1.165, 1.54) is 18.2 Å². The highest BCUT2D eigenvalue weighted by atomic mass is 31.2. The number of aromatic nitrogens is 1. The number of rotatable bonds is 8. The van der Waals surface area contributed by atoms with Gasteiger partial charge in [0, 0.05) is 30.8 Å². The van der Waals surface area contributed by atoms with Gasteiger partial charge in [0.15, 0.2) is 0 Å². The number of hydrogen-bond donors (Lipinski definition) is 0. The molecule has 152 valence electrons. The van der Waals surface area contributed by atoms with Crippen molar-refractivity contribution in [3.63, 3.8) is 0 Å². The third-order valence-electron chi connectivity index (χ3n) is 4.05. The Bertz CT molecular complexity index is 869. The largest absolute Gasteiger partial charge is 0.419 e. The second-order valence-electron chi connectivity index (χ2n) is 5.89. The van der Waals surface area contributed by atoms with Crippen molar-refractivity contribution in [3.05, 3.63) is 34.4 Å². The van der Waals surface area contributed by atoms with Gasteiger partial charge in [0.1, 0.15) is 0 Å². The molecule has 0 saturated carbocycles. The van der Waals surface area contributed by atoms with Crippen LogP contribution in [-0.2, 0) is 18.3 Å². The van der Waals surface area contributed by atoms with Gasteiger partial charge in [0.05, 0.1) is 31.4 Å². The standard InChI is InChI=1S/C17H22N3O7P/c1-3-25-28(23,26-4-2)16-17(19-8-10-24-11-9-19)27-15(18-16)13-6-5-7-14(12-13)20(21)22/h5-7,12H,3-4,8-11H2,1-2H3. The first-order chi connectivity index (χ1) is 13.5. The lowest BCUT2D eigenvalue weighted by Crippen LogP contribution is -2.38. The van der Waals surface area contributed by atoms with E-state index in [-0.39, 0.29) is 36.1 Å². The van der Waals surface area contributed by atoms with Gasteiger partial charge in [-0.05, 0) is 19.9 Å². The third-order valence-corrected chi connectivity index (χ3v) is 6.06. The molecule has 0 aliphatic carbocycles. The molecule has 11 heteroatoms. The van der Waals surface area contributed by atoms with Crippen molar-refractivity contribution in [2.24, 2.45) is 0 Å². The summed E-state index contributed by atoms with van der Waals surface area (Å²) in [5, 5.41) is 11.1. The molecule has 0 amide bonds. The zero-order valence-corrected chi connectivity index (χ0v) is 16.6. The summed E-state index contributed by atoms with van der Waals surface area (Å²) in [5.74, 6) is 0.384. The molecular weight excluding hydrogens is 389 g/mol. The Morgan fingerprint density at radius 3 is 2.54 bits per heavy atom. The summed E-state index contributed by atoms with van der Waals surface area (Å²) >= 11 is 0. The summed E-state index contributed by atoms with van der Waals surface area (Å²) in [6, 6.07) is 5.90. The summed E-state index contributed by atoms with van der Waals surface area (Å²) in [7, 11) is -3.73. The van der Waals surface area contributed by atoms with Gasteiger partial charge in [0.25, 0.3) is 5.69 Å². The molecule has 0 bridgehead atoms. The second-order valence-corrected chi connectivity index (χ2v) is 7.82. The molecule has 0 unspecified atom stereocenters. The molecule has 10 nitrogen and oxygen atoms in total. The Balaban J connectivity index is 2.10. The summed E-state index contributed by atoms with van der Waals surface area (Å²) in [4.78, 5) is 16.8. The highest BCUT2D eigenvalue weighted by Gasteiger charge is 2.38. The van der Waals surface area contributed by atoms with Crippen molar-refractivity contribution < 1.29 is 27.7 Å². The number of nitrogens with zero attached hydrogens (tertiary/aromatic N) is 3. The summed E-state index contributed by atoms with van der Waals surface area (Å²) in [5.41, 5.74) is 0.372. The Morgan fingerprint density at radius 2 is 1.93 bits per heavy atom. The molecule has 1 aliphatic rings. The van der Waals surface area contributed by atoms with Crippen LogP contribution in [0, 0.1) is 10.1 Å². The normalized spacial score (nSPS) is 15.0. The number of morpholine rings is 1. The molecule has 0 N–H and O–H groups in total. The van der Waals surface area contributed by atoms with Crippen LogP contribution in [-0.4, -0.2) is 49.4 Å². The minimum Gasteiger partial charge on any atom is -0.419 e. The number of benzene rings is 1. The molecule has 2 heterocycles. The van der Waals surface area contributed by atoms with Crippen molar-refractivity contribution >= 4 is 24.6 Å². The smallest absolute Gasteiger partial charge is 0.385 e. The number of hydrogen-bond acceptors (Lipinski definition) is 9. The van der Waals surface area contributed by atoms with Gasteiger partial charge in [-0.1, -0.05) is 6.07 Å². The maximum Gasteiger partial charge on any atom is 0.385 e. The van der Waals surface area contributed by atoms with Crippen LogP contribution >= 0.6 is 7.60 Å². The Kier molecular flexibility index (Phi) is 6.46. The minimum atomic E-state index is -3.73. The summed E-state index contributed by atoms with van der Waals surface area (Å²) < 4.78 is 35.5. The average Bonchev–Trinajstić information content (AvgIpc) is 3.15. The SMILES string of the molecule is CCOP(=O)(OCC)c1nc(-c2cccc([N+](=O)[O-])c2)oc1N1CCOCC1. The monoisotopic (exact) mass is 411 g/mol. The van der Waals surface area contributed by atoms with E-state index in [4.69, 9.17) is 18.2 Å². The molecule has 1 aromatic heterocycles. The third kappa shape index (κ3) is 4.25. The van der Waals surface area contributed by atoms with Crippen molar-refractivity contribution in [2.45, 2.75) is 13.8 Å². The first-order valence-electron chi connectivity index (χ1n) is 8.96. The Hall–Kier alpha value is -2.26. The van der Waals surface area contributed by atoms with Crippen LogP contribution in [0.5, 0.6) is 0 Å². The Morgan fingerprint density at radius 1 is 1.25 bits per heavy atom. The van der Waals surface area contributed by atoms with Gasteiger partial charge < -0.3 is 23.1 Å². The lowest BCUT2D eigenvalue weighted by atomic mass is 10.2. The van der Waals surface area contributed by atoms with Crippen LogP contribution in [0.2, 0.25) is 0 Å². The molecule has 2 aromatic rings. The lowest BCUT2D eigenvalue weighted by molar-refractivity contribution is -0.384. The fourth-order valence-corrected chi connectivity index (χ4v) is 4.46. The molecular formula is C17H22N3O7P. The number of nitro groups is 1. The molecule has 0 atom stereocenters. The maximum atomic E-state index is 13.4. The van der Waals surface area contributed by atoms with E-state index in [2.05, 4.69) is 4.98 Å². The van der Waals surface area contributed by atoms with Crippen LogP contribution < -0.4 is 10.3 Å². The summed E-state index contributed by atoms with van der Waals surface area (Å²) in [6.07, 6.45) is 0. The van der Waals surface area contributed by atoms with Gasteiger partial charge in [-0.15, -0.1) is 0 Å². The highest BCUT2D eigenvalue weighted by Crippen LogP contribution is 2.49. The molecule has 0 radical (unpaired) electrons. The summed E-state index contributed by atoms with van der Waals surface area (Å²) in [6.45, 7) is 5.77. The quantitative estimate of drug-likeness (QED) is 0.367. The van der Waals surface area contributed by atoms with Crippen molar-refractivity contribution in [1.29, 1.82) is 0 Å². The molecule has 1 fully saturated rings. The second kappa shape index (κ2) is 8.83. The molecule has 28 heavy (non-hydrogen) atoms. The fourth-order valence-electron chi connectivity index (χ4n) is 2.83. The van der Waals surface area contributed by atoms with Gasteiger partial charge in [-0.2, -0.15) is 4.98 Å². The van der Waals surface area contributed by atoms with Gasteiger partial charge in [-0.3, -0.25) is 14.7 Å². The van der Waals surface area contributed by atoms with E-state index < -0.39 is 12.5 Å². The molecule has 1 aliphatic heterocycles. The zero-order chi connectivity index (χ0) is 20.1. The lowest BCUT2D eigenvalue weighted by Gasteiger charge is -2.27. The van der Waals surface area contributed by atoms with Crippen LogP contribution in [0.4, 0.5) is 11.6 Å². The van der Waals surface area contributed by atoms with E-state index in [1.807, 2.05) is 4.90 Å². The van der Waals surface area contributed by atoms with Gasteiger partial charge in [-0.25, -0.2) is 0 Å². The average molecular weight is 411 g/mol. The first-order valence-corrected chi connectivity index (χ1v) is 10.5. The van der Waals surface area contributed by atoms with E-state index in [0.717, 1.165) is 0 Å². The van der Waals surface area contributed by atoms with Crippen LogP contribution in [0.15, 0.2) is 28.7 Å². The van der Waals surface area contributed by atoms with E-state index >= 15 is 0 Å². The zero-order valence-electron chi connectivity index (χ0n) is 15.7.